The van der Waals surface area contributed by atoms with E-state index in [-0.39, 0.29) is 5.41 Å². The van der Waals surface area contributed by atoms with Gasteiger partial charge in [0.25, 0.3) is 0 Å². The maximum absolute atomic E-state index is 11.6. The minimum Gasteiger partial charge on any atom is -0.300 e. The number of hydrogen-bond acceptors (Lipinski definition) is 1. The Morgan fingerprint density at radius 2 is 1.38 bits per heavy atom. The van der Waals surface area contributed by atoms with Crippen molar-refractivity contribution in [2.75, 3.05) is 0 Å². The van der Waals surface area contributed by atoms with Crippen molar-refractivity contribution in [3.05, 3.63) is 0 Å². The highest BCUT2D eigenvalue weighted by molar-refractivity contribution is 5.78. The van der Waals surface area contributed by atoms with E-state index >= 15 is 0 Å². The molecule has 0 aromatic carbocycles. The second kappa shape index (κ2) is 8.78. The molecule has 1 heteroatoms. The van der Waals surface area contributed by atoms with E-state index in [1.165, 1.54) is 38.5 Å². The molecule has 0 radical (unpaired) electrons. The summed E-state index contributed by atoms with van der Waals surface area (Å²) in [5.41, 5.74) is 0.165. The second-order valence-electron chi connectivity index (χ2n) is 6.15. The van der Waals surface area contributed by atoms with E-state index in [0.29, 0.717) is 5.78 Å². The van der Waals surface area contributed by atoms with Crippen molar-refractivity contribution in [2.24, 2.45) is 5.41 Å². The second-order valence-corrected chi connectivity index (χ2v) is 6.15. The lowest BCUT2D eigenvalue weighted by molar-refractivity contribution is -0.120. The Morgan fingerprint density at radius 1 is 0.875 bits per heavy atom. The van der Waals surface area contributed by atoms with E-state index in [0.717, 1.165) is 19.3 Å². The molecule has 0 atom stereocenters. The number of carbonyl (C=O) groups excluding carboxylic acids is 1. The monoisotopic (exact) mass is 226 g/mol. The summed E-state index contributed by atoms with van der Waals surface area (Å²) in [6.07, 6.45) is 10.6. The van der Waals surface area contributed by atoms with Crippen molar-refractivity contribution in [1.82, 2.24) is 0 Å². The standard InChI is InChI=1S/C15H30O/c1-5-6-7-8-9-10-11-12-14(16)13-15(2,3)4/h5-13H2,1-4H3. The van der Waals surface area contributed by atoms with Crippen LogP contribution >= 0.6 is 0 Å². The molecular formula is C15H30O. The normalized spacial score (nSPS) is 11.8. The van der Waals surface area contributed by atoms with Gasteiger partial charge in [0, 0.05) is 12.8 Å². The maximum Gasteiger partial charge on any atom is 0.133 e. The van der Waals surface area contributed by atoms with Gasteiger partial charge in [0.15, 0.2) is 0 Å². The van der Waals surface area contributed by atoms with Crippen LogP contribution in [-0.4, -0.2) is 5.78 Å². The van der Waals surface area contributed by atoms with Crippen molar-refractivity contribution in [3.63, 3.8) is 0 Å². The molecule has 0 spiro atoms. The number of unbranched alkanes of at least 4 members (excludes halogenated alkanes) is 6. The third-order valence-corrected chi connectivity index (χ3v) is 2.79. The quantitative estimate of drug-likeness (QED) is 0.498. The summed E-state index contributed by atoms with van der Waals surface area (Å²) in [5, 5.41) is 0. The van der Waals surface area contributed by atoms with Crippen LogP contribution in [0.2, 0.25) is 0 Å². The average molecular weight is 226 g/mol. The van der Waals surface area contributed by atoms with Crippen molar-refractivity contribution in [1.29, 1.82) is 0 Å². The molecule has 0 aliphatic rings. The van der Waals surface area contributed by atoms with E-state index in [2.05, 4.69) is 27.7 Å². The zero-order valence-electron chi connectivity index (χ0n) is 11.8. The number of Topliss-reactive ketones (excluding diaryl/α,β-unsaturated/α-hetero) is 1. The fourth-order valence-electron chi connectivity index (χ4n) is 1.96. The molecule has 0 aromatic heterocycles. The van der Waals surface area contributed by atoms with Crippen LogP contribution in [0.5, 0.6) is 0 Å². The van der Waals surface area contributed by atoms with Crippen LogP contribution in [-0.2, 0) is 4.79 Å². The van der Waals surface area contributed by atoms with Gasteiger partial charge < -0.3 is 0 Å². The third-order valence-electron chi connectivity index (χ3n) is 2.79. The van der Waals surface area contributed by atoms with Gasteiger partial charge in [-0.3, -0.25) is 4.79 Å². The first-order valence-electron chi connectivity index (χ1n) is 6.97. The third kappa shape index (κ3) is 11.7. The predicted octanol–water partition coefficient (Wildman–Crippen LogP) is 5.13. The van der Waals surface area contributed by atoms with E-state index in [1.807, 2.05) is 0 Å². The molecule has 0 saturated heterocycles. The molecule has 0 aliphatic heterocycles. The largest absolute Gasteiger partial charge is 0.300 e. The zero-order chi connectivity index (χ0) is 12.4. The summed E-state index contributed by atoms with van der Waals surface area (Å²) in [7, 11) is 0. The lowest BCUT2D eigenvalue weighted by atomic mass is 9.88. The fourth-order valence-corrected chi connectivity index (χ4v) is 1.96. The summed E-state index contributed by atoms with van der Waals surface area (Å²) in [6, 6.07) is 0. The van der Waals surface area contributed by atoms with E-state index in [1.54, 1.807) is 0 Å². The van der Waals surface area contributed by atoms with Gasteiger partial charge in [0.2, 0.25) is 0 Å². The number of hydrogen-bond donors (Lipinski definition) is 0. The topological polar surface area (TPSA) is 17.1 Å². The summed E-state index contributed by atoms with van der Waals surface area (Å²) in [4.78, 5) is 11.6. The number of carbonyl (C=O) groups is 1. The minimum atomic E-state index is 0.165. The first-order valence-corrected chi connectivity index (χ1v) is 6.97. The van der Waals surface area contributed by atoms with Crippen LogP contribution in [0.4, 0.5) is 0 Å². The van der Waals surface area contributed by atoms with Gasteiger partial charge in [-0.2, -0.15) is 0 Å². The molecule has 0 rings (SSSR count). The average Bonchev–Trinajstić information content (AvgIpc) is 2.13. The molecule has 0 N–H and O–H groups in total. The Hall–Kier alpha value is -0.330. The lowest BCUT2D eigenvalue weighted by Crippen LogP contribution is -2.12. The van der Waals surface area contributed by atoms with Gasteiger partial charge in [0.1, 0.15) is 5.78 Å². The number of ketones is 1. The van der Waals surface area contributed by atoms with Crippen LogP contribution in [0.15, 0.2) is 0 Å². The fraction of sp³-hybridized carbons (Fsp3) is 0.933. The molecule has 0 aromatic rings. The van der Waals surface area contributed by atoms with Gasteiger partial charge in [-0.1, -0.05) is 66.2 Å². The highest BCUT2D eigenvalue weighted by Gasteiger charge is 2.15. The summed E-state index contributed by atoms with van der Waals surface area (Å²) >= 11 is 0. The molecule has 0 heterocycles. The van der Waals surface area contributed by atoms with Gasteiger partial charge in [-0.25, -0.2) is 0 Å². The van der Waals surface area contributed by atoms with Gasteiger partial charge in [0.05, 0.1) is 0 Å². The van der Waals surface area contributed by atoms with Crippen LogP contribution in [0, 0.1) is 5.41 Å². The zero-order valence-corrected chi connectivity index (χ0v) is 11.8. The molecule has 0 fully saturated rings. The summed E-state index contributed by atoms with van der Waals surface area (Å²) < 4.78 is 0. The van der Waals surface area contributed by atoms with Crippen LogP contribution in [0.25, 0.3) is 0 Å². The van der Waals surface area contributed by atoms with Gasteiger partial charge in [-0.05, 0) is 11.8 Å². The van der Waals surface area contributed by atoms with Gasteiger partial charge >= 0.3 is 0 Å². The predicted molar refractivity (Wildman–Crippen MR) is 71.7 cm³/mol. The van der Waals surface area contributed by atoms with Gasteiger partial charge in [-0.15, -0.1) is 0 Å². The Bertz CT molecular complexity index is 176. The molecule has 96 valence electrons. The number of rotatable bonds is 9. The smallest absolute Gasteiger partial charge is 0.133 e. The Morgan fingerprint density at radius 3 is 1.88 bits per heavy atom. The van der Waals surface area contributed by atoms with Crippen LogP contribution in [0.3, 0.4) is 0 Å². The molecule has 16 heavy (non-hydrogen) atoms. The molecular weight excluding hydrogens is 196 g/mol. The highest BCUT2D eigenvalue weighted by atomic mass is 16.1. The van der Waals surface area contributed by atoms with Crippen molar-refractivity contribution < 1.29 is 4.79 Å². The molecule has 1 nitrogen and oxygen atoms in total. The Labute approximate surface area is 102 Å². The van der Waals surface area contributed by atoms with E-state index in [9.17, 15) is 4.79 Å². The molecule has 0 aliphatic carbocycles. The summed E-state index contributed by atoms with van der Waals surface area (Å²) in [6.45, 7) is 8.64. The Kier molecular flexibility index (Phi) is 8.60. The lowest BCUT2D eigenvalue weighted by Gasteiger charge is -2.16. The first kappa shape index (κ1) is 15.7. The highest BCUT2D eigenvalue weighted by Crippen LogP contribution is 2.20. The minimum absolute atomic E-state index is 0.165. The molecule has 0 bridgehead atoms. The SMILES string of the molecule is CCCCCCCCCC(=O)CC(C)(C)C. The van der Waals surface area contributed by atoms with Crippen LogP contribution in [0.1, 0.15) is 85.5 Å². The molecule has 0 unspecified atom stereocenters. The van der Waals surface area contributed by atoms with E-state index < -0.39 is 0 Å². The Balaban J connectivity index is 3.28. The maximum atomic E-state index is 11.6. The first-order chi connectivity index (χ1) is 7.45. The van der Waals surface area contributed by atoms with Crippen LogP contribution < -0.4 is 0 Å². The van der Waals surface area contributed by atoms with Crippen molar-refractivity contribution in [3.8, 4) is 0 Å². The van der Waals surface area contributed by atoms with E-state index in [4.69, 9.17) is 0 Å². The molecule has 0 amide bonds. The molecule has 0 saturated carbocycles. The van der Waals surface area contributed by atoms with Crippen molar-refractivity contribution >= 4 is 5.78 Å². The summed E-state index contributed by atoms with van der Waals surface area (Å²) in [5.74, 6) is 0.445. The van der Waals surface area contributed by atoms with Crippen molar-refractivity contribution in [2.45, 2.75) is 85.5 Å².